The molecule has 1 N–H and O–H groups in total. The first-order valence-corrected chi connectivity index (χ1v) is 11.4. The minimum absolute atomic E-state index is 0.0913. The third-order valence-corrected chi connectivity index (χ3v) is 10.5. The first-order chi connectivity index (χ1) is 9.13. The molecule has 1 aliphatic carbocycles. The van der Waals surface area contributed by atoms with Crippen molar-refractivity contribution < 1.29 is 9.53 Å². The van der Waals surface area contributed by atoms with Crippen LogP contribution in [0, 0.1) is 17.8 Å². The van der Waals surface area contributed by atoms with Crippen LogP contribution in [0.4, 0.5) is 0 Å². The zero-order valence-electron chi connectivity index (χ0n) is 14.7. The fourth-order valence-corrected chi connectivity index (χ4v) is 5.15. The van der Waals surface area contributed by atoms with E-state index in [0.29, 0.717) is 17.8 Å². The minimum Gasteiger partial charge on any atom is -0.417 e. The first kappa shape index (κ1) is 18.2. The topological polar surface area (TPSA) is 29.5 Å². The summed E-state index contributed by atoms with van der Waals surface area (Å²) in [4.78, 5) is 0. The molecular weight excluding hydrogens is 264 g/mol. The van der Waals surface area contributed by atoms with Crippen molar-refractivity contribution >= 4 is 8.32 Å². The lowest BCUT2D eigenvalue weighted by Crippen LogP contribution is -2.45. The standard InChI is InChI=1S/C17H36O2Si/c1-8-9-10-16(18)15-11-14(15)12-19-20(6,7)17(4,5)13(2)3/h13-16,18H,8-12H2,1-7H3. The zero-order valence-corrected chi connectivity index (χ0v) is 15.7. The highest BCUT2D eigenvalue weighted by Crippen LogP contribution is 2.47. The van der Waals surface area contributed by atoms with E-state index in [9.17, 15) is 5.11 Å². The Bertz CT molecular complexity index is 299. The van der Waals surface area contributed by atoms with Crippen LogP contribution in [0.3, 0.4) is 0 Å². The van der Waals surface area contributed by atoms with E-state index in [1.165, 1.54) is 6.42 Å². The van der Waals surface area contributed by atoms with Crippen molar-refractivity contribution in [2.24, 2.45) is 17.8 Å². The molecule has 0 saturated heterocycles. The molecular formula is C17H36O2Si. The second kappa shape index (κ2) is 6.93. The number of rotatable bonds is 9. The Morgan fingerprint density at radius 3 is 2.40 bits per heavy atom. The molecule has 0 radical (unpaired) electrons. The van der Waals surface area contributed by atoms with Crippen LogP contribution in [0.15, 0.2) is 0 Å². The van der Waals surface area contributed by atoms with E-state index in [0.717, 1.165) is 25.9 Å². The van der Waals surface area contributed by atoms with Crippen molar-refractivity contribution in [3.63, 3.8) is 0 Å². The molecule has 3 heteroatoms. The largest absolute Gasteiger partial charge is 0.417 e. The molecule has 0 heterocycles. The molecule has 0 aliphatic heterocycles. The van der Waals surface area contributed by atoms with Crippen LogP contribution in [0.5, 0.6) is 0 Å². The maximum absolute atomic E-state index is 10.1. The Balaban J connectivity index is 2.38. The molecule has 2 nitrogen and oxygen atoms in total. The van der Waals surface area contributed by atoms with Crippen molar-refractivity contribution in [1.29, 1.82) is 0 Å². The van der Waals surface area contributed by atoms with Crippen molar-refractivity contribution in [1.82, 2.24) is 0 Å². The molecule has 3 atom stereocenters. The van der Waals surface area contributed by atoms with Crippen LogP contribution < -0.4 is 0 Å². The van der Waals surface area contributed by atoms with Gasteiger partial charge in [0.15, 0.2) is 8.32 Å². The summed E-state index contributed by atoms with van der Waals surface area (Å²) in [5, 5.41) is 10.4. The van der Waals surface area contributed by atoms with Gasteiger partial charge < -0.3 is 9.53 Å². The quantitative estimate of drug-likeness (QED) is 0.618. The van der Waals surface area contributed by atoms with Gasteiger partial charge in [-0.3, -0.25) is 0 Å². The minimum atomic E-state index is -1.69. The van der Waals surface area contributed by atoms with Crippen LogP contribution in [-0.4, -0.2) is 26.1 Å². The second-order valence-corrected chi connectivity index (χ2v) is 12.7. The summed E-state index contributed by atoms with van der Waals surface area (Å²) >= 11 is 0. The SMILES string of the molecule is CCCCC(O)C1CC1CO[Si](C)(C)C(C)(C)C(C)C. The van der Waals surface area contributed by atoms with E-state index in [1.807, 2.05) is 0 Å². The van der Waals surface area contributed by atoms with Crippen molar-refractivity contribution in [2.45, 2.75) is 84.5 Å². The van der Waals surface area contributed by atoms with E-state index in [4.69, 9.17) is 4.43 Å². The highest BCUT2D eigenvalue weighted by atomic mass is 28.4. The maximum atomic E-state index is 10.1. The van der Waals surface area contributed by atoms with Gasteiger partial charge in [0.1, 0.15) is 0 Å². The van der Waals surface area contributed by atoms with Crippen LogP contribution in [0.25, 0.3) is 0 Å². The number of hydrogen-bond acceptors (Lipinski definition) is 2. The maximum Gasteiger partial charge on any atom is 0.192 e. The summed E-state index contributed by atoms with van der Waals surface area (Å²) in [5.74, 6) is 1.76. The van der Waals surface area contributed by atoms with Gasteiger partial charge >= 0.3 is 0 Å². The Hall–Kier alpha value is 0.137. The molecule has 1 saturated carbocycles. The van der Waals surface area contributed by atoms with Gasteiger partial charge in [-0.05, 0) is 48.7 Å². The van der Waals surface area contributed by atoms with E-state index in [1.54, 1.807) is 0 Å². The van der Waals surface area contributed by atoms with Crippen LogP contribution in [-0.2, 0) is 4.43 Å². The molecule has 0 aromatic carbocycles. The molecule has 1 aliphatic rings. The van der Waals surface area contributed by atoms with Crippen LogP contribution in [0.1, 0.15) is 60.3 Å². The molecule has 0 bridgehead atoms. The monoisotopic (exact) mass is 300 g/mol. The van der Waals surface area contributed by atoms with Gasteiger partial charge in [0.05, 0.1) is 6.10 Å². The Kier molecular flexibility index (Phi) is 6.30. The van der Waals surface area contributed by atoms with Crippen molar-refractivity contribution in [3.05, 3.63) is 0 Å². The smallest absolute Gasteiger partial charge is 0.192 e. The molecule has 20 heavy (non-hydrogen) atoms. The average Bonchev–Trinajstić information content (AvgIpc) is 3.12. The number of aliphatic hydroxyl groups excluding tert-OH is 1. The highest BCUT2D eigenvalue weighted by Gasteiger charge is 2.47. The summed E-state index contributed by atoms with van der Waals surface area (Å²) in [5.41, 5.74) is 0. The van der Waals surface area contributed by atoms with Gasteiger partial charge in [0, 0.05) is 6.61 Å². The first-order valence-electron chi connectivity index (χ1n) is 8.45. The predicted molar refractivity (Wildman–Crippen MR) is 89.4 cm³/mol. The van der Waals surface area contributed by atoms with Crippen molar-refractivity contribution in [2.75, 3.05) is 6.61 Å². The van der Waals surface area contributed by atoms with Gasteiger partial charge in [-0.2, -0.15) is 0 Å². The van der Waals surface area contributed by atoms with Gasteiger partial charge in [0.25, 0.3) is 0 Å². The van der Waals surface area contributed by atoms with Crippen molar-refractivity contribution in [3.8, 4) is 0 Å². The Morgan fingerprint density at radius 2 is 1.90 bits per heavy atom. The zero-order chi connectivity index (χ0) is 15.6. The fourth-order valence-electron chi connectivity index (χ4n) is 2.76. The summed E-state index contributed by atoms with van der Waals surface area (Å²) in [7, 11) is -1.69. The molecule has 1 rings (SSSR count). The lowest BCUT2D eigenvalue weighted by molar-refractivity contribution is 0.125. The van der Waals surface area contributed by atoms with Gasteiger partial charge in [-0.25, -0.2) is 0 Å². The lowest BCUT2D eigenvalue weighted by Gasteiger charge is -2.42. The van der Waals surface area contributed by atoms with E-state index < -0.39 is 8.32 Å². The van der Waals surface area contributed by atoms with E-state index in [-0.39, 0.29) is 11.1 Å². The summed E-state index contributed by atoms with van der Waals surface area (Å²) < 4.78 is 6.39. The summed E-state index contributed by atoms with van der Waals surface area (Å²) in [6, 6.07) is 0. The van der Waals surface area contributed by atoms with Gasteiger partial charge in [0.2, 0.25) is 0 Å². The third-order valence-electron chi connectivity index (χ3n) is 5.98. The molecule has 0 aromatic rings. The summed E-state index contributed by atoms with van der Waals surface area (Å²) in [6.45, 7) is 17.0. The number of aliphatic hydroxyl groups is 1. The van der Waals surface area contributed by atoms with Gasteiger partial charge in [-0.15, -0.1) is 0 Å². The Labute approximate surface area is 127 Å². The Morgan fingerprint density at radius 1 is 1.30 bits per heavy atom. The van der Waals surface area contributed by atoms with Crippen LogP contribution >= 0.6 is 0 Å². The summed E-state index contributed by atoms with van der Waals surface area (Å²) in [6.07, 6.45) is 4.36. The molecule has 120 valence electrons. The molecule has 0 amide bonds. The lowest BCUT2D eigenvalue weighted by atomic mass is 9.99. The molecule has 3 unspecified atom stereocenters. The molecule has 0 aromatic heterocycles. The molecule has 1 fully saturated rings. The van der Waals surface area contributed by atoms with Crippen LogP contribution in [0.2, 0.25) is 18.1 Å². The number of hydrogen-bond donors (Lipinski definition) is 1. The normalized spacial score (nSPS) is 25.1. The molecule has 0 spiro atoms. The fraction of sp³-hybridized carbons (Fsp3) is 1.00. The second-order valence-electron chi connectivity index (χ2n) is 8.07. The average molecular weight is 301 g/mol. The third kappa shape index (κ3) is 4.31. The predicted octanol–water partition coefficient (Wildman–Crippen LogP) is 4.83. The van der Waals surface area contributed by atoms with E-state index >= 15 is 0 Å². The highest BCUT2D eigenvalue weighted by molar-refractivity contribution is 6.74. The number of unbranched alkanes of at least 4 members (excludes halogenated alkanes) is 1. The van der Waals surface area contributed by atoms with Gasteiger partial charge in [-0.1, -0.05) is 47.5 Å². The van der Waals surface area contributed by atoms with E-state index in [2.05, 4.69) is 47.7 Å².